The second kappa shape index (κ2) is 10.6. The molecule has 1 saturated heterocycles. The molecule has 182 valence electrons. The van der Waals surface area contributed by atoms with Gasteiger partial charge in [-0.1, -0.05) is 38.1 Å². The number of hydrogen-bond donors (Lipinski definition) is 0. The summed E-state index contributed by atoms with van der Waals surface area (Å²) in [4.78, 5) is 4.46. The van der Waals surface area contributed by atoms with Crippen LogP contribution in [0.15, 0.2) is 60.7 Å². The molecule has 0 amide bonds. The molecule has 34 heavy (non-hydrogen) atoms. The number of benzene rings is 2. The van der Waals surface area contributed by atoms with Crippen LogP contribution in [-0.4, -0.2) is 47.4 Å². The van der Waals surface area contributed by atoms with Gasteiger partial charge in [0.25, 0.3) is 0 Å². The first-order valence-corrected chi connectivity index (χ1v) is 12.1. The summed E-state index contributed by atoms with van der Waals surface area (Å²) in [6.45, 7) is 8.64. The van der Waals surface area contributed by atoms with Gasteiger partial charge in [0, 0.05) is 37.6 Å². The van der Waals surface area contributed by atoms with E-state index in [9.17, 15) is 13.2 Å². The van der Waals surface area contributed by atoms with E-state index >= 15 is 0 Å². The lowest BCUT2D eigenvalue weighted by Gasteiger charge is -2.36. The van der Waals surface area contributed by atoms with Gasteiger partial charge in [0.1, 0.15) is 0 Å². The molecule has 1 aliphatic rings. The molecule has 0 bridgehead atoms. The van der Waals surface area contributed by atoms with Gasteiger partial charge in [-0.05, 0) is 68.1 Å². The van der Waals surface area contributed by atoms with Gasteiger partial charge in [0.05, 0.1) is 16.9 Å². The molecule has 4 rings (SSSR count). The molecular weight excluding hydrogens is 437 g/mol. The topological polar surface area (TPSA) is 24.3 Å². The van der Waals surface area contributed by atoms with Crippen LogP contribution in [0.25, 0.3) is 5.69 Å². The van der Waals surface area contributed by atoms with Crippen molar-refractivity contribution < 1.29 is 13.2 Å². The molecular formula is C27H33F3N4. The number of unbranched alkanes of at least 4 members (excludes halogenated alkanes) is 1. The van der Waals surface area contributed by atoms with Crippen LogP contribution in [0.4, 0.5) is 18.9 Å². The van der Waals surface area contributed by atoms with Crippen molar-refractivity contribution in [1.82, 2.24) is 14.7 Å². The highest BCUT2D eigenvalue weighted by molar-refractivity contribution is 5.49. The van der Waals surface area contributed by atoms with E-state index in [0.29, 0.717) is 11.6 Å². The normalized spacial score (nSPS) is 15.3. The summed E-state index contributed by atoms with van der Waals surface area (Å²) in [5.74, 6) is 0.398. The molecule has 2 aromatic carbocycles. The lowest BCUT2D eigenvalue weighted by atomic mass is 10.1. The summed E-state index contributed by atoms with van der Waals surface area (Å²) in [6.07, 6.45) is -1.20. The molecule has 0 saturated carbocycles. The zero-order chi connectivity index (χ0) is 24.1. The summed E-state index contributed by atoms with van der Waals surface area (Å²) in [6, 6.07) is 18.1. The third kappa shape index (κ3) is 6.00. The monoisotopic (exact) mass is 470 g/mol. The van der Waals surface area contributed by atoms with E-state index in [1.54, 1.807) is 6.07 Å². The van der Waals surface area contributed by atoms with Crippen LogP contribution >= 0.6 is 0 Å². The van der Waals surface area contributed by atoms with Crippen molar-refractivity contribution in [3.05, 3.63) is 77.6 Å². The number of alkyl halides is 3. The highest BCUT2D eigenvalue weighted by atomic mass is 19.4. The minimum absolute atomic E-state index is 0.398. The molecule has 4 nitrogen and oxygen atoms in total. The van der Waals surface area contributed by atoms with E-state index in [2.05, 4.69) is 46.5 Å². The van der Waals surface area contributed by atoms with Crippen molar-refractivity contribution in [2.45, 2.75) is 45.2 Å². The lowest BCUT2D eigenvalue weighted by Crippen LogP contribution is -2.46. The molecule has 2 heterocycles. The third-order valence-corrected chi connectivity index (χ3v) is 6.45. The van der Waals surface area contributed by atoms with Gasteiger partial charge in [-0.2, -0.15) is 18.3 Å². The molecule has 3 aromatic rings. The van der Waals surface area contributed by atoms with Gasteiger partial charge < -0.3 is 4.90 Å². The first-order chi connectivity index (χ1) is 16.3. The molecule has 1 aliphatic heterocycles. The number of rotatable bonds is 8. The fourth-order valence-electron chi connectivity index (χ4n) is 4.51. The van der Waals surface area contributed by atoms with Crippen molar-refractivity contribution >= 4 is 5.69 Å². The average Bonchev–Trinajstić information content (AvgIpc) is 3.27. The summed E-state index contributed by atoms with van der Waals surface area (Å²) < 4.78 is 41.1. The largest absolute Gasteiger partial charge is 0.416 e. The van der Waals surface area contributed by atoms with E-state index in [-0.39, 0.29) is 0 Å². The molecule has 7 heteroatoms. The molecule has 1 fully saturated rings. The van der Waals surface area contributed by atoms with Crippen molar-refractivity contribution in [2.24, 2.45) is 0 Å². The molecule has 0 atom stereocenters. The minimum Gasteiger partial charge on any atom is -0.369 e. The zero-order valence-corrected chi connectivity index (χ0v) is 19.9. The fraction of sp³-hybridized carbons (Fsp3) is 0.444. The maximum atomic E-state index is 13.0. The van der Waals surface area contributed by atoms with Crippen LogP contribution in [0, 0.1) is 0 Å². The Balaban J connectivity index is 1.24. The maximum absolute atomic E-state index is 13.0. The Hall–Kier alpha value is -2.80. The van der Waals surface area contributed by atoms with E-state index < -0.39 is 11.7 Å². The van der Waals surface area contributed by atoms with Crippen LogP contribution < -0.4 is 4.90 Å². The third-order valence-electron chi connectivity index (χ3n) is 6.45. The number of piperazine rings is 1. The van der Waals surface area contributed by atoms with Gasteiger partial charge in [0.2, 0.25) is 0 Å². The second-order valence-corrected chi connectivity index (χ2v) is 9.30. The van der Waals surface area contributed by atoms with Gasteiger partial charge in [-0.25, -0.2) is 4.68 Å². The summed E-state index contributed by atoms with van der Waals surface area (Å²) in [7, 11) is 0. The van der Waals surface area contributed by atoms with E-state index in [4.69, 9.17) is 5.10 Å². The molecule has 0 radical (unpaired) electrons. The van der Waals surface area contributed by atoms with Crippen LogP contribution in [0.2, 0.25) is 0 Å². The smallest absolute Gasteiger partial charge is 0.369 e. The van der Waals surface area contributed by atoms with Gasteiger partial charge in [0.15, 0.2) is 0 Å². The van der Waals surface area contributed by atoms with Crippen molar-refractivity contribution in [2.75, 3.05) is 37.6 Å². The van der Waals surface area contributed by atoms with Crippen molar-refractivity contribution in [3.8, 4) is 5.69 Å². The van der Waals surface area contributed by atoms with Gasteiger partial charge in [-0.15, -0.1) is 0 Å². The summed E-state index contributed by atoms with van der Waals surface area (Å²) in [5.41, 5.74) is 3.53. The molecule has 1 aromatic heterocycles. The zero-order valence-electron chi connectivity index (χ0n) is 19.9. The Morgan fingerprint density at radius 3 is 2.24 bits per heavy atom. The Bertz CT molecular complexity index is 1050. The average molecular weight is 471 g/mol. The Labute approximate surface area is 200 Å². The highest BCUT2D eigenvalue weighted by Crippen LogP contribution is 2.32. The van der Waals surface area contributed by atoms with Crippen LogP contribution in [0.5, 0.6) is 0 Å². The van der Waals surface area contributed by atoms with Crippen LogP contribution in [0.1, 0.15) is 49.6 Å². The SMILES string of the molecule is CC(C)c1cc(CCCCN2CCN(c3cccc(C(F)(F)F)c3)CC2)nn1-c1ccccc1. The predicted molar refractivity (Wildman–Crippen MR) is 131 cm³/mol. The van der Waals surface area contributed by atoms with Crippen LogP contribution in [-0.2, 0) is 12.6 Å². The number of halogens is 3. The quantitative estimate of drug-likeness (QED) is 0.369. The van der Waals surface area contributed by atoms with Crippen molar-refractivity contribution in [1.29, 1.82) is 0 Å². The first kappa shape index (κ1) is 24.3. The molecule has 0 N–H and O–H groups in total. The summed E-state index contributed by atoms with van der Waals surface area (Å²) in [5, 5.41) is 4.87. The summed E-state index contributed by atoms with van der Waals surface area (Å²) >= 11 is 0. The Kier molecular flexibility index (Phi) is 7.61. The molecule has 0 unspecified atom stereocenters. The van der Waals surface area contributed by atoms with Crippen molar-refractivity contribution in [3.63, 3.8) is 0 Å². The highest BCUT2D eigenvalue weighted by Gasteiger charge is 2.31. The number of nitrogens with zero attached hydrogens (tertiary/aromatic N) is 4. The van der Waals surface area contributed by atoms with Crippen LogP contribution in [0.3, 0.4) is 0 Å². The Morgan fingerprint density at radius 2 is 1.56 bits per heavy atom. The van der Waals surface area contributed by atoms with E-state index in [0.717, 1.165) is 69.4 Å². The minimum atomic E-state index is -4.30. The van der Waals surface area contributed by atoms with E-state index in [1.807, 2.05) is 18.2 Å². The Morgan fingerprint density at radius 1 is 0.853 bits per heavy atom. The maximum Gasteiger partial charge on any atom is 0.416 e. The lowest BCUT2D eigenvalue weighted by molar-refractivity contribution is -0.137. The standard InChI is InChI=1S/C27H33F3N4/c1-21(2)26-20-23(31-34(26)24-11-4-3-5-12-24)10-6-7-14-32-15-17-33(18-16-32)25-13-8-9-22(19-25)27(28,29)30/h3-5,8-9,11-13,19-21H,6-7,10,14-18H2,1-2H3. The predicted octanol–water partition coefficient (Wildman–Crippen LogP) is 6.16. The van der Waals surface area contributed by atoms with E-state index in [1.165, 1.54) is 17.8 Å². The number of hydrogen-bond acceptors (Lipinski definition) is 3. The number of para-hydroxylation sites is 1. The fourth-order valence-corrected chi connectivity index (χ4v) is 4.51. The second-order valence-electron chi connectivity index (χ2n) is 9.30. The molecule has 0 spiro atoms. The number of aryl methyl sites for hydroxylation is 1. The number of aromatic nitrogens is 2. The molecule has 0 aliphatic carbocycles. The first-order valence-electron chi connectivity index (χ1n) is 12.1. The van der Waals surface area contributed by atoms with Gasteiger partial charge in [-0.3, -0.25) is 4.90 Å². The van der Waals surface area contributed by atoms with Gasteiger partial charge >= 0.3 is 6.18 Å². The number of anilines is 1.